The summed E-state index contributed by atoms with van der Waals surface area (Å²) in [5.74, 6) is -1.95. The summed E-state index contributed by atoms with van der Waals surface area (Å²) in [5.41, 5.74) is 1.15. The van der Waals surface area contributed by atoms with Crippen LogP contribution in [0.15, 0.2) is 46.9 Å². The van der Waals surface area contributed by atoms with E-state index in [1.54, 1.807) is 7.05 Å². The molecule has 0 saturated heterocycles. The lowest BCUT2D eigenvalue weighted by molar-refractivity contribution is 0.220. The molecule has 0 aliphatic rings. The lowest BCUT2D eigenvalue weighted by Gasteiger charge is -2.19. The third-order valence-electron chi connectivity index (χ3n) is 2.88. The molecule has 0 unspecified atom stereocenters. The van der Waals surface area contributed by atoms with Gasteiger partial charge in [0, 0.05) is 29.8 Å². The number of halogens is 3. The molecule has 2 amide bonds. The van der Waals surface area contributed by atoms with E-state index in [1.165, 1.54) is 11.0 Å². The van der Waals surface area contributed by atoms with Crippen LogP contribution in [0.3, 0.4) is 0 Å². The van der Waals surface area contributed by atoms with Crippen LogP contribution in [0.25, 0.3) is 0 Å². The summed E-state index contributed by atoms with van der Waals surface area (Å²) in [7, 11) is 1.62. The van der Waals surface area contributed by atoms with Gasteiger partial charge in [-0.05, 0) is 23.8 Å². The Hall–Kier alpha value is -1.95. The van der Waals surface area contributed by atoms with Crippen LogP contribution in [0.4, 0.5) is 19.3 Å². The average molecular weight is 355 g/mol. The van der Waals surface area contributed by atoms with Crippen molar-refractivity contribution in [2.75, 3.05) is 12.4 Å². The van der Waals surface area contributed by atoms with Crippen molar-refractivity contribution in [1.82, 2.24) is 4.90 Å². The monoisotopic (exact) mass is 354 g/mol. The summed E-state index contributed by atoms with van der Waals surface area (Å²) in [4.78, 5) is 13.5. The maximum Gasteiger partial charge on any atom is 0.321 e. The van der Waals surface area contributed by atoms with Gasteiger partial charge in [-0.2, -0.15) is 0 Å². The zero-order chi connectivity index (χ0) is 15.4. The Labute approximate surface area is 129 Å². The Kier molecular flexibility index (Phi) is 4.90. The van der Waals surface area contributed by atoms with Crippen LogP contribution < -0.4 is 5.32 Å². The van der Waals surface area contributed by atoms with Crippen molar-refractivity contribution < 1.29 is 13.6 Å². The smallest absolute Gasteiger partial charge is 0.321 e. The van der Waals surface area contributed by atoms with Crippen LogP contribution in [-0.2, 0) is 6.54 Å². The van der Waals surface area contributed by atoms with Gasteiger partial charge in [0.25, 0.3) is 0 Å². The summed E-state index contributed by atoms with van der Waals surface area (Å²) in [6.07, 6.45) is 0. The van der Waals surface area contributed by atoms with E-state index in [0.717, 1.165) is 22.2 Å². The summed E-state index contributed by atoms with van der Waals surface area (Å²) < 4.78 is 26.8. The highest BCUT2D eigenvalue weighted by Crippen LogP contribution is 2.18. The molecule has 2 aromatic carbocycles. The number of anilines is 1. The molecule has 0 fully saturated rings. The number of carbonyl (C=O) groups is 1. The molecule has 0 atom stereocenters. The Balaban J connectivity index is 2.02. The van der Waals surface area contributed by atoms with E-state index in [2.05, 4.69) is 21.2 Å². The van der Waals surface area contributed by atoms with Crippen LogP contribution in [0.2, 0.25) is 0 Å². The second-order valence-electron chi connectivity index (χ2n) is 4.51. The fraction of sp³-hybridized carbons (Fsp3) is 0.133. The first-order chi connectivity index (χ1) is 9.97. The molecule has 0 spiro atoms. The number of amides is 2. The molecular weight excluding hydrogens is 342 g/mol. The minimum Gasteiger partial charge on any atom is -0.323 e. The van der Waals surface area contributed by atoms with Crippen LogP contribution in [-0.4, -0.2) is 18.0 Å². The number of hydrogen-bond acceptors (Lipinski definition) is 1. The van der Waals surface area contributed by atoms with E-state index in [-0.39, 0.29) is 5.69 Å². The maximum absolute atomic E-state index is 13.1. The topological polar surface area (TPSA) is 32.3 Å². The van der Waals surface area contributed by atoms with Crippen molar-refractivity contribution in [3.05, 3.63) is 64.1 Å². The summed E-state index contributed by atoms with van der Waals surface area (Å²) >= 11 is 3.41. The molecule has 0 heterocycles. The van der Waals surface area contributed by atoms with Gasteiger partial charge in [-0.1, -0.05) is 34.1 Å². The molecular formula is C15H13BrF2N2O. The highest BCUT2D eigenvalue weighted by atomic mass is 79.9. The molecule has 21 heavy (non-hydrogen) atoms. The van der Waals surface area contributed by atoms with Gasteiger partial charge in [0.15, 0.2) is 11.6 Å². The van der Waals surface area contributed by atoms with E-state index in [0.29, 0.717) is 6.54 Å². The molecule has 2 rings (SSSR count). The second kappa shape index (κ2) is 6.67. The lowest BCUT2D eigenvalue weighted by atomic mass is 10.2. The number of benzene rings is 2. The zero-order valence-corrected chi connectivity index (χ0v) is 12.8. The molecule has 1 N–H and O–H groups in total. The van der Waals surface area contributed by atoms with Gasteiger partial charge in [0.05, 0.1) is 0 Å². The van der Waals surface area contributed by atoms with Crippen LogP contribution in [0.1, 0.15) is 5.56 Å². The Morgan fingerprint density at radius 2 is 1.90 bits per heavy atom. The van der Waals surface area contributed by atoms with Gasteiger partial charge >= 0.3 is 6.03 Å². The number of nitrogens with one attached hydrogen (secondary N) is 1. The van der Waals surface area contributed by atoms with Crippen molar-refractivity contribution in [1.29, 1.82) is 0 Å². The van der Waals surface area contributed by atoms with Gasteiger partial charge in [-0.25, -0.2) is 13.6 Å². The zero-order valence-electron chi connectivity index (χ0n) is 11.2. The predicted molar refractivity (Wildman–Crippen MR) is 81.0 cm³/mol. The van der Waals surface area contributed by atoms with E-state index in [4.69, 9.17) is 0 Å². The van der Waals surface area contributed by atoms with Crippen LogP contribution >= 0.6 is 15.9 Å². The molecule has 0 bridgehead atoms. The average Bonchev–Trinajstić information content (AvgIpc) is 2.45. The minimum absolute atomic E-state index is 0.206. The number of hydrogen-bond donors (Lipinski definition) is 1. The molecule has 0 aromatic heterocycles. The highest BCUT2D eigenvalue weighted by molar-refractivity contribution is 9.10. The first-order valence-corrected chi connectivity index (χ1v) is 6.97. The van der Waals surface area contributed by atoms with E-state index in [9.17, 15) is 13.6 Å². The lowest BCUT2D eigenvalue weighted by Crippen LogP contribution is -2.31. The van der Waals surface area contributed by atoms with Crippen molar-refractivity contribution in [2.45, 2.75) is 6.54 Å². The maximum atomic E-state index is 13.1. The Bertz CT molecular complexity index is 664. The third kappa shape index (κ3) is 4.01. The molecule has 0 radical (unpaired) electrons. The largest absolute Gasteiger partial charge is 0.323 e. The third-order valence-corrected chi connectivity index (χ3v) is 3.66. The fourth-order valence-electron chi connectivity index (χ4n) is 1.75. The summed E-state index contributed by atoms with van der Waals surface area (Å²) in [6, 6.07) is 10.4. The normalized spacial score (nSPS) is 10.3. The predicted octanol–water partition coefficient (Wildman–Crippen LogP) is 4.39. The molecule has 0 aliphatic carbocycles. The van der Waals surface area contributed by atoms with Crippen molar-refractivity contribution in [3.63, 3.8) is 0 Å². The minimum atomic E-state index is -0.999. The van der Waals surface area contributed by atoms with E-state index in [1.807, 2.05) is 24.3 Å². The van der Waals surface area contributed by atoms with Gasteiger partial charge in [-0.3, -0.25) is 0 Å². The second-order valence-corrected chi connectivity index (χ2v) is 5.36. The Morgan fingerprint density at radius 1 is 1.19 bits per heavy atom. The van der Waals surface area contributed by atoms with Gasteiger partial charge in [0.2, 0.25) is 0 Å². The quantitative estimate of drug-likeness (QED) is 0.870. The van der Waals surface area contributed by atoms with Gasteiger partial charge in [0.1, 0.15) is 0 Å². The first kappa shape index (κ1) is 15.4. The van der Waals surface area contributed by atoms with Crippen molar-refractivity contribution in [2.24, 2.45) is 0 Å². The van der Waals surface area contributed by atoms with Crippen LogP contribution in [0.5, 0.6) is 0 Å². The van der Waals surface area contributed by atoms with Crippen molar-refractivity contribution in [3.8, 4) is 0 Å². The van der Waals surface area contributed by atoms with E-state index < -0.39 is 17.7 Å². The first-order valence-electron chi connectivity index (χ1n) is 6.18. The number of nitrogens with zero attached hydrogens (tertiary/aromatic N) is 1. The summed E-state index contributed by atoms with van der Waals surface area (Å²) in [6.45, 7) is 0.386. The number of urea groups is 1. The molecule has 2 aromatic rings. The molecule has 110 valence electrons. The van der Waals surface area contributed by atoms with Crippen molar-refractivity contribution >= 4 is 27.6 Å². The molecule has 0 aliphatic heterocycles. The van der Waals surface area contributed by atoms with Crippen LogP contribution in [0, 0.1) is 11.6 Å². The molecule has 0 saturated carbocycles. The van der Waals surface area contributed by atoms with Gasteiger partial charge < -0.3 is 10.2 Å². The SMILES string of the molecule is CN(Cc1ccccc1Br)C(=O)Nc1ccc(F)c(F)c1. The highest BCUT2D eigenvalue weighted by Gasteiger charge is 2.12. The number of rotatable bonds is 3. The summed E-state index contributed by atoms with van der Waals surface area (Å²) in [5, 5.41) is 2.51. The standard InChI is InChI=1S/C15H13BrF2N2O/c1-20(9-10-4-2-3-5-12(10)16)15(21)19-11-6-7-13(17)14(18)8-11/h2-8H,9H2,1H3,(H,19,21). The van der Waals surface area contributed by atoms with Gasteiger partial charge in [-0.15, -0.1) is 0 Å². The number of carbonyl (C=O) groups excluding carboxylic acids is 1. The fourth-order valence-corrected chi connectivity index (χ4v) is 2.16. The molecule has 3 nitrogen and oxygen atoms in total. The van der Waals surface area contributed by atoms with E-state index >= 15 is 0 Å². The molecule has 6 heteroatoms. The Morgan fingerprint density at radius 3 is 2.57 bits per heavy atom.